The molecular weight excluding hydrogens is 302 g/mol. The quantitative estimate of drug-likeness (QED) is 0.926. The van der Waals surface area contributed by atoms with E-state index in [2.05, 4.69) is 5.32 Å². The molecule has 0 unspecified atom stereocenters. The third kappa shape index (κ3) is 2.48. The summed E-state index contributed by atoms with van der Waals surface area (Å²) in [7, 11) is 0. The van der Waals surface area contributed by atoms with Crippen molar-refractivity contribution in [2.75, 3.05) is 0 Å². The number of carbonyl (C=O) groups excluding carboxylic acids is 3. The Bertz CT molecular complexity index is 687. The predicted octanol–water partition coefficient (Wildman–Crippen LogP) is 3.25. The number of halogens is 1. The van der Waals surface area contributed by atoms with Gasteiger partial charge in [-0.25, -0.2) is 0 Å². The highest BCUT2D eigenvalue weighted by Gasteiger charge is 2.43. The van der Waals surface area contributed by atoms with Crippen molar-refractivity contribution in [2.24, 2.45) is 0 Å². The van der Waals surface area contributed by atoms with Crippen LogP contribution in [0.1, 0.15) is 54.3 Å². The minimum atomic E-state index is -0.927. The lowest BCUT2D eigenvalue weighted by Crippen LogP contribution is -2.51. The van der Waals surface area contributed by atoms with Crippen molar-refractivity contribution < 1.29 is 14.4 Å². The highest BCUT2D eigenvalue weighted by atomic mass is 35.5. The Labute approximate surface area is 134 Å². The summed E-state index contributed by atoms with van der Waals surface area (Å²) in [5, 5.41) is 2.72. The van der Waals surface area contributed by atoms with Gasteiger partial charge in [-0.3, -0.25) is 14.4 Å². The number of hydrogen-bond donors (Lipinski definition) is 1. The molecule has 1 N–H and O–H groups in total. The van der Waals surface area contributed by atoms with E-state index in [1.165, 1.54) is 6.92 Å². The van der Waals surface area contributed by atoms with E-state index in [9.17, 15) is 14.4 Å². The molecule has 1 amide bonds. The van der Waals surface area contributed by atoms with Crippen LogP contribution >= 0.6 is 11.6 Å². The minimum Gasteiger partial charge on any atom is -0.347 e. The van der Waals surface area contributed by atoms with Gasteiger partial charge in [0.2, 0.25) is 11.7 Å². The summed E-state index contributed by atoms with van der Waals surface area (Å²) in [4.78, 5) is 36.9. The number of allylic oxidation sites excluding steroid dienone is 1. The number of benzene rings is 1. The lowest BCUT2D eigenvalue weighted by Gasteiger charge is -2.36. The van der Waals surface area contributed by atoms with Crippen LogP contribution in [-0.2, 0) is 4.79 Å². The van der Waals surface area contributed by atoms with Crippen LogP contribution < -0.4 is 5.32 Å². The molecule has 22 heavy (non-hydrogen) atoms. The third-order valence-corrected chi connectivity index (χ3v) is 4.52. The van der Waals surface area contributed by atoms with Crippen molar-refractivity contribution in [1.29, 1.82) is 0 Å². The molecule has 1 aliphatic carbocycles. The first kappa shape index (κ1) is 16.4. The fraction of sp³-hybridized carbons (Fsp3) is 0.353. The van der Waals surface area contributed by atoms with E-state index < -0.39 is 5.54 Å². The fourth-order valence-corrected chi connectivity index (χ4v) is 3.32. The molecule has 2 rings (SSSR count). The third-order valence-electron chi connectivity index (χ3n) is 4.16. The van der Waals surface area contributed by atoms with Gasteiger partial charge in [0, 0.05) is 23.6 Å². The van der Waals surface area contributed by atoms with Crippen LogP contribution in [0.15, 0.2) is 34.9 Å². The molecule has 1 aromatic rings. The van der Waals surface area contributed by atoms with E-state index in [1.807, 2.05) is 13.8 Å². The zero-order chi connectivity index (χ0) is 16.5. The van der Waals surface area contributed by atoms with Crippen LogP contribution in [0.25, 0.3) is 0 Å². The number of carbonyl (C=O) groups is 3. The standard InChI is InChI=1S/C17H18ClNO3/c1-4-17(5-2,19-10(3)20)13-14(18)16(22)12-9-7-6-8-11(12)15(13)21/h6-9H,4-5H2,1-3H3,(H,19,20). The van der Waals surface area contributed by atoms with Gasteiger partial charge in [0.15, 0.2) is 5.78 Å². The monoisotopic (exact) mass is 319 g/mol. The zero-order valence-corrected chi connectivity index (χ0v) is 13.6. The molecule has 0 spiro atoms. The average molecular weight is 320 g/mol. The molecule has 0 bridgehead atoms. The maximum absolute atomic E-state index is 12.9. The number of nitrogens with one attached hydrogen (secondary N) is 1. The maximum Gasteiger partial charge on any atom is 0.217 e. The smallest absolute Gasteiger partial charge is 0.217 e. The SMILES string of the molecule is CCC(CC)(NC(C)=O)C1=C(Cl)C(=O)c2ccccc2C1=O. The number of Topliss-reactive ketones (excluding diaryl/α,β-unsaturated/α-hetero) is 2. The van der Waals surface area contributed by atoms with Crippen molar-refractivity contribution in [2.45, 2.75) is 39.2 Å². The number of rotatable bonds is 4. The topological polar surface area (TPSA) is 63.2 Å². The molecule has 0 atom stereocenters. The minimum absolute atomic E-state index is 0.0962. The summed E-state index contributed by atoms with van der Waals surface area (Å²) in [6, 6.07) is 6.61. The molecule has 1 aromatic carbocycles. The van der Waals surface area contributed by atoms with E-state index >= 15 is 0 Å². The number of amides is 1. The first-order chi connectivity index (χ1) is 10.4. The highest BCUT2D eigenvalue weighted by molar-refractivity contribution is 6.50. The molecule has 5 heteroatoms. The molecule has 1 aliphatic rings. The lowest BCUT2D eigenvalue weighted by molar-refractivity contribution is -0.120. The summed E-state index contributed by atoms with van der Waals surface area (Å²) in [5.41, 5.74) is -0.0878. The van der Waals surface area contributed by atoms with Gasteiger partial charge in [-0.15, -0.1) is 0 Å². The Morgan fingerprint density at radius 1 is 1.09 bits per heavy atom. The normalized spacial score (nSPS) is 14.9. The second-order valence-corrected chi connectivity index (χ2v) is 5.74. The average Bonchev–Trinajstić information content (AvgIpc) is 2.51. The molecule has 0 fully saturated rings. The van der Waals surface area contributed by atoms with Gasteiger partial charge in [0.1, 0.15) is 0 Å². The van der Waals surface area contributed by atoms with Gasteiger partial charge >= 0.3 is 0 Å². The highest BCUT2D eigenvalue weighted by Crippen LogP contribution is 2.37. The number of fused-ring (bicyclic) bond motifs is 1. The largest absolute Gasteiger partial charge is 0.347 e. The van der Waals surface area contributed by atoms with Crippen molar-refractivity contribution in [3.05, 3.63) is 46.0 Å². The lowest BCUT2D eigenvalue weighted by atomic mass is 9.75. The van der Waals surface area contributed by atoms with Crippen molar-refractivity contribution in [3.63, 3.8) is 0 Å². The molecule has 0 heterocycles. The first-order valence-corrected chi connectivity index (χ1v) is 7.63. The summed E-state index contributed by atoms with van der Waals surface area (Å²) in [5.74, 6) is -0.930. The van der Waals surface area contributed by atoms with E-state index in [4.69, 9.17) is 11.6 Å². The second-order valence-electron chi connectivity index (χ2n) is 5.36. The Morgan fingerprint density at radius 3 is 2.05 bits per heavy atom. The van der Waals surface area contributed by atoms with E-state index in [-0.39, 0.29) is 28.1 Å². The molecule has 0 radical (unpaired) electrons. The summed E-state index contributed by atoms with van der Waals surface area (Å²) in [6.07, 6.45) is 0.936. The van der Waals surface area contributed by atoms with Crippen LogP contribution in [0.3, 0.4) is 0 Å². The Hall–Kier alpha value is -1.94. The molecular formula is C17H18ClNO3. The predicted molar refractivity (Wildman–Crippen MR) is 85.1 cm³/mol. The van der Waals surface area contributed by atoms with Crippen LogP contribution in [0, 0.1) is 0 Å². The molecule has 0 saturated heterocycles. The van der Waals surface area contributed by atoms with Gasteiger partial charge in [-0.1, -0.05) is 49.7 Å². The molecule has 0 aliphatic heterocycles. The molecule has 116 valence electrons. The second kappa shape index (κ2) is 6.05. The zero-order valence-electron chi connectivity index (χ0n) is 12.8. The molecule has 4 nitrogen and oxygen atoms in total. The van der Waals surface area contributed by atoms with Gasteiger partial charge in [0.25, 0.3) is 0 Å². The van der Waals surface area contributed by atoms with E-state index in [0.717, 1.165) is 0 Å². The summed E-state index contributed by atoms with van der Waals surface area (Å²) < 4.78 is 0. The number of hydrogen-bond acceptors (Lipinski definition) is 3. The van der Waals surface area contributed by atoms with Crippen molar-refractivity contribution in [3.8, 4) is 0 Å². The van der Waals surface area contributed by atoms with Crippen LogP contribution in [0.2, 0.25) is 0 Å². The van der Waals surface area contributed by atoms with Crippen molar-refractivity contribution >= 4 is 29.1 Å². The first-order valence-electron chi connectivity index (χ1n) is 7.25. The van der Waals surface area contributed by atoms with E-state index in [0.29, 0.717) is 24.0 Å². The van der Waals surface area contributed by atoms with Gasteiger partial charge in [-0.05, 0) is 12.8 Å². The maximum atomic E-state index is 12.9. The Balaban J connectivity index is 2.68. The summed E-state index contributed by atoms with van der Waals surface area (Å²) in [6.45, 7) is 5.10. The van der Waals surface area contributed by atoms with Crippen LogP contribution in [0.5, 0.6) is 0 Å². The van der Waals surface area contributed by atoms with Gasteiger partial charge in [-0.2, -0.15) is 0 Å². The van der Waals surface area contributed by atoms with Gasteiger partial charge < -0.3 is 5.32 Å². The van der Waals surface area contributed by atoms with Gasteiger partial charge in [0.05, 0.1) is 10.6 Å². The number of ketones is 2. The fourth-order valence-electron chi connectivity index (χ4n) is 2.95. The van der Waals surface area contributed by atoms with Crippen LogP contribution in [-0.4, -0.2) is 23.0 Å². The van der Waals surface area contributed by atoms with E-state index in [1.54, 1.807) is 24.3 Å². The molecule has 0 aromatic heterocycles. The van der Waals surface area contributed by atoms with Crippen LogP contribution in [0.4, 0.5) is 0 Å². The Morgan fingerprint density at radius 2 is 1.59 bits per heavy atom. The molecule has 0 saturated carbocycles. The Kier molecular flexibility index (Phi) is 4.52. The van der Waals surface area contributed by atoms with Crippen molar-refractivity contribution in [1.82, 2.24) is 5.32 Å². The summed E-state index contributed by atoms with van der Waals surface area (Å²) >= 11 is 6.24.